The standard InChI is InChI=1S/C16H14N2O2/c1-11-7-3-4-8-12(11)15-17-13-9-5-6-10-14(13)18(15)16(19)20-2/h3-10H,1-2H3. The summed E-state index contributed by atoms with van der Waals surface area (Å²) >= 11 is 0. The molecular formula is C16H14N2O2. The molecule has 0 fully saturated rings. The Hall–Kier alpha value is -2.62. The van der Waals surface area contributed by atoms with E-state index in [2.05, 4.69) is 4.98 Å². The summed E-state index contributed by atoms with van der Waals surface area (Å²) in [6.07, 6.45) is -0.433. The molecule has 0 bridgehead atoms. The first kappa shape index (κ1) is 12.4. The molecule has 0 saturated heterocycles. The molecule has 0 spiro atoms. The van der Waals surface area contributed by atoms with Crippen molar-refractivity contribution in [2.75, 3.05) is 7.11 Å². The average Bonchev–Trinajstić information content (AvgIpc) is 2.86. The second-order valence-electron chi connectivity index (χ2n) is 4.54. The van der Waals surface area contributed by atoms with Crippen LogP contribution in [-0.4, -0.2) is 22.8 Å². The molecule has 100 valence electrons. The molecule has 1 aromatic heterocycles. The van der Waals surface area contributed by atoms with Crippen LogP contribution in [0.4, 0.5) is 4.79 Å². The highest BCUT2D eigenvalue weighted by molar-refractivity contribution is 5.92. The van der Waals surface area contributed by atoms with Gasteiger partial charge in [-0.05, 0) is 24.6 Å². The molecule has 0 aliphatic rings. The number of hydrogen-bond donors (Lipinski definition) is 0. The second kappa shape index (κ2) is 4.81. The number of carbonyl (C=O) groups is 1. The van der Waals surface area contributed by atoms with Gasteiger partial charge in [0.1, 0.15) is 0 Å². The van der Waals surface area contributed by atoms with Crippen LogP contribution in [0.25, 0.3) is 22.4 Å². The minimum absolute atomic E-state index is 0.433. The van der Waals surface area contributed by atoms with Crippen molar-refractivity contribution in [1.82, 2.24) is 9.55 Å². The molecule has 1 heterocycles. The molecule has 0 amide bonds. The topological polar surface area (TPSA) is 44.1 Å². The van der Waals surface area contributed by atoms with Crippen LogP contribution in [0.5, 0.6) is 0 Å². The molecule has 3 rings (SSSR count). The number of fused-ring (bicyclic) bond motifs is 1. The Labute approximate surface area is 116 Å². The van der Waals surface area contributed by atoms with Crippen LogP contribution in [0, 0.1) is 6.92 Å². The van der Waals surface area contributed by atoms with Crippen LogP contribution in [-0.2, 0) is 4.74 Å². The van der Waals surface area contributed by atoms with Crippen LogP contribution in [0.3, 0.4) is 0 Å². The molecule has 2 aromatic carbocycles. The van der Waals surface area contributed by atoms with E-state index in [1.54, 1.807) is 0 Å². The maximum Gasteiger partial charge on any atom is 0.419 e. The molecule has 0 atom stereocenters. The number of methoxy groups -OCH3 is 1. The number of hydrogen-bond acceptors (Lipinski definition) is 3. The molecule has 0 N–H and O–H groups in total. The van der Waals surface area contributed by atoms with Gasteiger partial charge in [-0.3, -0.25) is 0 Å². The first-order valence-corrected chi connectivity index (χ1v) is 6.34. The number of aromatic nitrogens is 2. The molecule has 3 aromatic rings. The average molecular weight is 266 g/mol. The molecule has 20 heavy (non-hydrogen) atoms. The smallest absolute Gasteiger partial charge is 0.419 e. The minimum Gasteiger partial charge on any atom is -0.452 e. The lowest BCUT2D eigenvalue weighted by Crippen LogP contribution is -2.13. The Morgan fingerprint density at radius 3 is 2.55 bits per heavy atom. The quantitative estimate of drug-likeness (QED) is 0.675. The summed E-state index contributed by atoms with van der Waals surface area (Å²) in [6.45, 7) is 2.00. The zero-order valence-corrected chi connectivity index (χ0v) is 11.3. The van der Waals surface area contributed by atoms with Crippen molar-refractivity contribution in [3.8, 4) is 11.4 Å². The van der Waals surface area contributed by atoms with Gasteiger partial charge in [0.2, 0.25) is 0 Å². The van der Waals surface area contributed by atoms with E-state index < -0.39 is 6.09 Å². The lowest BCUT2D eigenvalue weighted by atomic mass is 10.1. The van der Waals surface area contributed by atoms with Gasteiger partial charge in [0.25, 0.3) is 0 Å². The van der Waals surface area contributed by atoms with Gasteiger partial charge in [0.05, 0.1) is 18.1 Å². The van der Waals surface area contributed by atoms with E-state index in [9.17, 15) is 4.79 Å². The first-order valence-electron chi connectivity index (χ1n) is 6.34. The summed E-state index contributed by atoms with van der Waals surface area (Å²) in [6, 6.07) is 15.4. The lowest BCUT2D eigenvalue weighted by Gasteiger charge is -2.08. The van der Waals surface area contributed by atoms with Gasteiger partial charge in [-0.1, -0.05) is 36.4 Å². The van der Waals surface area contributed by atoms with Gasteiger partial charge in [0.15, 0.2) is 5.82 Å². The maximum atomic E-state index is 12.1. The highest BCUT2D eigenvalue weighted by atomic mass is 16.5. The van der Waals surface area contributed by atoms with E-state index in [-0.39, 0.29) is 0 Å². The zero-order chi connectivity index (χ0) is 14.1. The summed E-state index contributed by atoms with van der Waals surface area (Å²) < 4.78 is 6.40. The number of imidazole rings is 1. The van der Waals surface area contributed by atoms with Crippen molar-refractivity contribution < 1.29 is 9.53 Å². The lowest BCUT2D eigenvalue weighted by molar-refractivity contribution is 0.174. The van der Waals surface area contributed by atoms with Crippen molar-refractivity contribution in [2.45, 2.75) is 6.92 Å². The van der Waals surface area contributed by atoms with E-state index >= 15 is 0 Å². The summed E-state index contributed by atoms with van der Waals surface area (Å²) in [5, 5.41) is 0. The molecule has 0 unspecified atom stereocenters. The third-order valence-corrected chi connectivity index (χ3v) is 3.30. The van der Waals surface area contributed by atoms with Crippen molar-refractivity contribution in [2.24, 2.45) is 0 Å². The number of aryl methyl sites for hydroxylation is 1. The fraction of sp³-hybridized carbons (Fsp3) is 0.125. The van der Waals surface area contributed by atoms with Gasteiger partial charge in [0, 0.05) is 5.56 Å². The Balaban J connectivity index is 2.35. The Kier molecular flexibility index (Phi) is 2.99. The predicted molar refractivity (Wildman–Crippen MR) is 77.7 cm³/mol. The Morgan fingerprint density at radius 2 is 1.80 bits per heavy atom. The summed E-state index contributed by atoms with van der Waals surface area (Å²) in [5.41, 5.74) is 3.51. The molecular weight excluding hydrogens is 252 g/mol. The van der Waals surface area contributed by atoms with E-state index in [0.717, 1.165) is 22.2 Å². The molecule has 0 aliphatic heterocycles. The van der Waals surface area contributed by atoms with Crippen LogP contribution in [0.2, 0.25) is 0 Å². The third kappa shape index (κ3) is 1.86. The van der Waals surface area contributed by atoms with Crippen molar-refractivity contribution in [3.63, 3.8) is 0 Å². The van der Waals surface area contributed by atoms with Crippen LogP contribution < -0.4 is 0 Å². The van der Waals surface area contributed by atoms with Crippen molar-refractivity contribution in [1.29, 1.82) is 0 Å². The maximum absolute atomic E-state index is 12.1. The largest absolute Gasteiger partial charge is 0.452 e. The number of ether oxygens (including phenoxy) is 1. The highest BCUT2D eigenvalue weighted by Gasteiger charge is 2.19. The molecule has 0 aliphatic carbocycles. The second-order valence-corrected chi connectivity index (χ2v) is 4.54. The fourth-order valence-corrected chi connectivity index (χ4v) is 2.31. The number of para-hydroxylation sites is 2. The van der Waals surface area contributed by atoms with Crippen LogP contribution >= 0.6 is 0 Å². The van der Waals surface area contributed by atoms with Gasteiger partial charge >= 0.3 is 6.09 Å². The van der Waals surface area contributed by atoms with Crippen molar-refractivity contribution >= 4 is 17.1 Å². The van der Waals surface area contributed by atoms with Crippen molar-refractivity contribution in [3.05, 3.63) is 54.1 Å². The van der Waals surface area contributed by atoms with Gasteiger partial charge in [-0.2, -0.15) is 0 Å². The first-order chi connectivity index (χ1) is 9.72. The summed E-state index contributed by atoms with van der Waals surface area (Å²) in [4.78, 5) is 16.7. The number of carbonyl (C=O) groups excluding carboxylic acids is 1. The van der Waals surface area contributed by atoms with Crippen LogP contribution in [0.1, 0.15) is 5.56 Å². The predicted octanol–water partition coefficient (Wildman–Crippen LogP) is 3.63. The molecule has 4 heteroatoms. The summed E-state index contributed by atoms with van der Waals surface area (Å²) in [7, 11) is 1.37. The summed E-state index contributed by atoms with van der Waals surface area (Å²) in [5.74, 6) is 0.608. The van der Waals surface area contributed by atoms with Crippen LogP contribution in [0.15, 0.2) is 48.5 Å². The minimum atomic E-state index is -0.433. The fourth-order valence-electron chi connectivity index (χ4n) is 2.31. The SMILES string of the molecule is COC(=O)n1c(-c2ccccc2C)nc2ccccc21. The number of nitrogens with zero attached hydrogens (tertiary/aromatic N) is 2. The Morgan fingerprint density at radius 1 is 1.10 bits per heavy atom. The number of benzene rings is 2. The molecule has 0 radical (unpaired) electrons. The van der Waals surface area contributed by atoms with E-state index in [1.807, 2.05) is 55.5 Å². The molecule has 0 saturated carbocycles. The zero-order valence-electron chi connectivity index (χ0n) is 11.3. The monoisotopic (exact) mass is 266 g/mol. The van der Waals surface area contributed by atoms with E-state index in [4.69, 9.17) is 4.74 Å². The number of rotatable bonds is 1. The Bertz CT molecular complexity index is 790. The van der Waals surface area contributed by atoms with E-state index in [1.165, 1.54) is 11.7 Å². The van der Waals surface area contributed by atoms with Gasteiger partial charge in [-0.15, -0.1) is 0 Å². The third-order valence-electron chi connectivity index (χ3n) is 3.30. The normalized spacial score (nSPS) is 10.7. The van der Waals surface area contributed by atoms with E-state index in [0.29, 0.717) is 5.82 Å². The highest BCUT2D eigenvalue weighted by Crippen LogP contribution is 2.27. The van der Waals surface area contributed by atoms with Gasteiger partial charge < -0.3 is 4.74 Å². The molecule has 4 nitrogen and oxygen atoms in total. The van der Waals surface area contributed by atoms with Gasteiger partial charge in [-0.25, -0.2) is 14.3 Å².